The van der Waals surface area contributed by atoms with Gasteiger partial charge in [0.05, 0.1) is 10.9 Å². The average molecular weight is 318 g/mol. The number of aromatic carboxylic acids is 1. The molecule has 22 heavy (non-hydrogen) atoms. The molecule has 1 aliphatic rings. The third kappa shape index (κ3) is 2.42. The average Bonchev–Trinajstić information content (AvgIpc) is 2.93. The number of carboxylic acid groups (broad SMARTS) is 1. The van der Waals surface area contributed by atoms with E-state index in [9.17, 15) is 14.7 Å². The first kappa shape index (κ1) is 15.1. The number of benzene rings is 1. The Balaban J connectivity index is 2.22. The van der Waals surface area contributed by atoms with Crippen molar-refractivity contribution in [3.05, 3.63) is 45.7 Å². The highest BCUT2D eigenvalue weighted by atomic mass is 32.2. The van der Waals surface area contributed by atoms with Gasteiger partial charge >= 0.3 is 5.97 Å². The van der Waals surface area contributed by atoms with Crippen LogP contribution in [0.1, 0.15) is 28.2 Å². The third-order valence-corrected chi connectivity index (χ3v) is 5.45. The third-order valence-electron chi connectivity index (χ3n) is 4.08. The second kappa shape index (κ2) is 5.78. The van der Waals surface area contributed by atoms with Crippen LogP contribution in [0, 0.1) is 0 Å². The van der Waals surface area contributed by atoms with Gasteiger partial charge in [0.15, 0.2) is 0 Å². The molecule has 1 atom stereocenters. The lowest BCUT2D eigenvalue weighted by molar-refractivity contribution is 0.0695. The lowest BCUT2D eigenvalue weighted by atomic mass is 10.1. The number of aryl methyl sites for hydroxylation is 1. The van der Waals surface area contributed by atoms with Crippen molar-refractivity contribution in [2.24, 2.45) is 0 Å². The number of nitrogens with zero attached hydrogens (tertiary/aromatic N) is 2. The van der Waals surface area contributed by atoms with Crippen molar-refractivity contribution in [3.63, 3.8) is 0 Å². The molecule has 0 amide bonds. The summed E-state index contributed by atoms with van der Waals surface area (Å²) >= 11 is 1.88. The quantitative estimate of drug-likeness (QED) is 0.941. The largest absolute Gasteiger partial charge is 0.477 e. The predicted molar refractivity (Wildman–Crippen MR) is 88.7 cm³/mol. The highest BCUT2D eigenvalue weighted by molar-refractivity contribution is 7.99. The standard InChI is InChI=1S/C16H18N2O3S/c1-3-18-9-12(16(20)21)14(19)11-5-4-10(8-13(11)18)15-17(2)6-7-22-15/h4-5,8-9,15H,3,6-7H2,1-2H3,(H,20,21). The van der Waals surface area contributed by atoms with Crippen LogP contribution in [0.3, 0.4) is 0 Å². The first-order valence-corrected chi connectivity index (χ1v) is 8.30. The molecular formula is C16H18N2O3S. The van der Waals surface area contributed by atoms with Crippen LogP contribution in [0.5, 0.6) is 0 Å². The zero-order chi connectivity index (χ0) is 15.9. The molecule has 0 saturated carbocycles. The Morgan fingerprint density at radius 2 is 2.23 bits per heavy atom. The maximum atomic E-state index is 12.3. The normalized spacial score (nSPS) is 18.9. The molecule has 1 N–H and O–H groups in total. The van der Waals surface area contributed by atoms with Crippen LogP contribution in [-0.4, -0.2) is 39.9 Å². The molecule has 1 aromatic heterocycles. The highest BCUT2D eigenvalue weighted by Crippen LogP contribution is 2.37. The van der Waals surface area contributed by atoms with E-state index in [2.05, 4.69) is 11.9 Å². The van der Waals surface area contributed by atoms with Crippen molar-refractivity contribution in [1.82, 2.24) is 9.47 Å². The number of pyridine rings is 1. The molecular weight excluding hydrogens is 300 g/mol. The minimum Gasteiger partial charge on any atom is -0.477 e. The summed E-state index contributed by atoms with van der Waals surface area (Å²) in [5.74, 6) is -0.0816. The van der Waals surface area contributed by atoms with Gasteiger partial charge in [0.1, 0.15) is 5.56 Å². The second-order valence-corrected chi connectivity index (χ2v) is 6.63. The molecule has 0 bridgehead atoms. The fourth-order valence-electron chi connectivity index (χ4n) is 2.88. The van der Waals surface area contributed by atoms with Crippen LogP contribution in [0.2, 0.25) is 0 Å². The van der Waals surface area contributed by atoms with Gasteiger partial charge in [-0.05, 0) is 31.7 Å². The van der Waals surface area contributed by atoms with E-state index >= 15 is 0 Å². The van der Waals surface area contributed by atoms with Crippen molar-refractivity contribution in [1.29, 1.82) is 0 Å². The van der Waals surface area contributed by atoms with Crippen LogP contribution in [0.25, 0.3) is 10.9 Å². The number of carbonyl (C=O) groups is 1. The molecule has 0 spiro atoms. The summed E-state index contributed by atoms with van der Waals surface area (Å²) in [6, 6.07) is 5.72. The van der Waals surface area contributed by atoms with Crippen LogP contribution < -0.4 is 5.43 Å². The van der Waals surface area contributed by atoms with Crippen molar-refractivity contribution in [2.75, 3.05) is 19.3 Å². The van der Waals surface area contributed by atoms with Crippen LogP contribution in [-0.2, 0) is 6.54 Å². The molecule has 3 rings (SSSR count). The molecule has 6 heteroatoms. The number of rotatable bonds is 3. The summed E-state index contributed by atoms with van der Waals surface area (Å²) in [6.07, 6.45) is 1.45. The number of aromatic nitrogens is 1. The smallest absolute Gasteiger partial charge is 0.341 e. The van der Waals surface area contributed by atoms with Gasteiger partial charge in [-0.25, -0.2) is 4.79 Å². The Bertz CT molecular complexity index is 800. The van der Waals surface area contributed by atoms with Crippen molar-refractivity contribution < 1.29 is 9.90 Å². The van der Waals surface area contributed by atoms with Gasteiger partial charge in [-0.15, -0.1) is 11.8 Å². The molecule has 0 aliphatic carbocycles. The van der Waals surface area contributed by atoms with Crippen LogP contribution in [0.4, 0.5) is 0 Å². The Morgan fingerprint density at radius 1 is 1.45 bits per heavy atom. The molecule has 0 radical (unpaired) electrons. The summed E-state index contributed by atoms with van der Waals surface area (Å²) in [5.41, 5.74) is 1.37. The molecule has 1 fully saturated rings. The monoisotopic (exact) mass is 318 g/mol. The maximum absolute atomic E-state index is 12.3. The number of hydrogen-bond donors (Lipinski definition) is 1. The Hall–Kier alpha value is -1.79. The topological polar surface area (TPSA) is 62.5 Å². The van der Waals surface area contributed by atoms with Gasteiger partial charge in [-0.1, -0.05) is 6.07 Å². The zero-order valence-electron chi connectivity index (χ0n) is 12.6. The first-order valence-electron chi connectivity index (χ1n) is 7.25. The number of carboxylic acids is 1. The summed E-state index contributed by atoms with van der Waals surface area (Å²) in [5, 5.41) is 9.95. The fourth-order valence-corrected chi connectivity index (χ4v) is 4.19. The molecule has 2 heterocycles. The van der Waals surface area contributed by atoms with Gasteiger partial charge in [-0.3, -0.25) is 9.69 Å². The van der Waals surface area contributed by atoms with E-state index in [1.54, 1.807) is 6.07 Å². The molecule has 1 unspecified atom stereocenters. The van der Waals surface area contributed by atoms with Gasteiger partial charge in [0.25, 0.3) is 0 Å². The fraction of sp³-hybridized carbons (Fsp3) is 0.375. The summed E-state index contributed by atoms with van der Waals surface area (Å²) in [6.45, 7) is 3.61. The van der Waals surface area contributed by atoms with E-state index in [0.29, 0.717) is 17.3 Å². The first-order chi connectivity index (χ1) is 10.5. The van der Waals surface area contributed by atoms with Crippen LogP contribution >= 0.6 is 11.8 Å². The van der Waals surface area contributed by atoms with E-state index in [1.165, 1.54) is 6.20 Å². The van der Waals surface area contributed by atoms with Crippen molar-refractivity contribution in [3.8, 4) is 0 Å². The Morgan fingerprint density at radius 3 is 2.82 bits per heavy atom. The van der Waals surface area contributed by atoms with E-state index in [0.717, 1.165) is 23.4 Å². The zero-order valence-corrected chi connectivity index (χ0v) is 13.4. The van der Waals surface area contributed by atoms with Gasteiger partial charge < -0.3 is 9.67 Å². The molecule has 116 valence electrons. The van der Waals surface area contributed by atoms with Crippen molar-refractivity contribution in [2.45, 2.75) is 18.8 Å². The second-order valence-electron chi connectivity index (χ2n) is 5.44. The highest BCUT2D eigenvalue weighted by Gasteiger charge is 2.24. The van der Waals surface area contributed by atoms with E-state index in [-0.39, 0.29) is 5.56 Å². The van der Waals surface area contributed by atoms with Gasteiger partial charge in [0.2, 0.25) is 5.43 Å². The Kier molecular flexibility index (Phi) is 3.97. The number of thioether (sulfide) groups is 1. The lowest BCUT2D eigenvalue weighted by Gasteiger charge is -2.20. The van der Waals surface area contributed by atoms with E-state index < -0.39 is 11.4 Å². The minimum absolute atomic E-state index is 0.172. The maximum Gasteiger partial charge on any atom is 0.341 e. The molecule has 5 nitrogen and oxygen atoms in total. The predicted octanol–water partition coefficient (Wildman–Crippen LogP) is 2.40. The summed E-state index contributed by atoms with van der Waals surface area (Å²) in [7, 11) is 2.09. The van der Waals surface area contributed by atoms with E-state index in [4.69, 9.17) is 0 Å². The summed E-state index contributed by atoms with van der Waals surface area (Å²) < 4.78 is 1.84. The molecule has 1 aromatic carbocycles. The molecule has 2 aromatic rings. The minimum atomic E-state index is -1.18. The summed E-state index contributed by atoms with van der Waals surface area (Å²) in [4.78, 5) is 25.8. The van der Waals surface area contributed by atoms with Crippen molar-refractivity contribution >= 4 is 28.6 Å². The Labute approximate surface area is 132 Å². The van der Waals surface area contributed by atoms with Gasteiger partial charge in [-0.2, -0.15) is 0 Å². The van der Waals surface area contributed by atoms with E-state index in [1.807, 2.05) is 35.4 Å². The van der Waals surface area contributed by atoms with Gasteiger partial charge in [0, 0.05) is 30.4 Å². The molecule has 1 saturated heterocycles. The number of hydrogen-bond acceptors (Lipinski definition) is 4. The number of fused-ring (bicyclic) bond motifs is 1. The van der Waals surface area contributed by atoms with Crippen LogP contribution in [0.15, 0.2) is 29.2 Å². The SMILES string of the molecule is CCn1cc(C(=O)O)c(=O)c2ccc(C3SCCN3C)cc21. The molecule has 1 aliphatic heterocycles. The lowest BCUT2D eigenvalue weighted by Crippen LogP contribution is -2.20.